The molecule has 7 nitrogen and oxygen atoms in total. The number of amides is 1. The quantitative estimate of drug-likeness (QED) is 0.680. The molecule has 1 amide bonds. The van der Waals surface area contributed by atoms with Crippen molar-refractivity contribution in [2.24, 2.45) is 0 Å². The Labute approximate surface area is 159 Å². The molecule has 28 heavy (non-hydrogen) atoms. The number of rotatable bonds is 6. The maximum Gasteiger partial charge on any atom is 0.273 e. The van der Waals surface area contributed by atoms with Crippen molar-refractivity contribution >= 4 is 16.7 Å². The minimum atomic E-state index is -0.513. The Morgan fingerprint density at radius 1 is 1.21 bits per heavy atom. The van der Waals surface area contributed by atoms with Crippen molar-refractivity contribution in [3.05, 3.63) is 74.6 Å². The third-order valence-corrected chi connectivity index (χ3v) is 4.50. The summed E-state index contributed by atoms with van der Waals surface area (Å²) in [5, 5.41) is 5.84. The number of aromatic nitrogens is 2. The van der Waals surface area contributed by atoms with Crippen molar-refractivity contribution in [1.29, 1.82) is 0 Å². The third kappa shape index (κ3) is 3.95. The van der Waals surface area contributed by atoms with Crippen LogP contribution in [0.4, 0.5) is 4.39 Å². The number of H-pyrrole nitrogens is 1. The van der Waals surface area contributed by atoms with E-state index in [-0.39, 0.29) is 30.2 Å². The van der Waals surface area contributed by atoms with Crippen molar-refractivity contribution in [3.63, 3.8) is 0 Å². The average Bonchev–Trinajstić information content (AvgIpc) is 2.69. The lowest BCUT2D eigenvalue weighted by Gasteiger charge is -2.15. The number of methoxy groups -OCH3 is 1. The molecule has 0 aliphatic rings. The first kappa shape index (κ1) is 19.3. The first-order valence-electron chi connectivity index (χ1n) is 8.75. The Kier molecular flexibility index (Phi) is 5.58. The van der Waals surface area contributed by atoms with Gasteiger partial charge in [-0.3, -0.25) is 19.5 Å². The highest BCUT2D eigenvalue weighted by molar-refractivity contribution is 5.80. The summed E-state index contributed by atoms with van der Waals surface area (Å²) in [6.07, 6.45) is -0.0167. The van der Waals surface area contributed by atoms with Gasteiger partial charge in [0.15, 0.2) is 11.6 Å². The van der Waals surface area contributed by atoms with E-state index in [0.717, 1.165) is 4.68 Å². The monoisotopic (exact) mass is 385 g/mol. The Hall–Kier alpha value is -3.42. The number of hydrogen-bond acceptors (Lipinski definition) is 4. The second-order valence-corrected chi connectivity index (χ2v) is 6.38. The van der Waals surface area contributed by atoms with Gasteiger partial charge < -0.3 is 10.1 Å². The van der Waals surface area contributed by atoms with Crippen LogP contribution in [0.5, 0.6) is 5.75 Å². The van der Waals surface area contributed by atoms with E-state index in [0.29, 0.717) is 16.3 Å². The van der Waals surface area contributed by atoms with Gasteiger partial charge in [-0.15, -0.1) is 0 Å². The summed E-state index contributed by atoms with van der Waals surface area (Å²) < 4.78 is 19.8. The number of hydrogen-bond donors (Lipinski definition) is 2. The van der Waals surface area contributed by atoms with Gasteiger partial charge in [0.25, 0.3) is 11.1 Å². The van der Waals surface area contributed by atoms with E-state index in [1.54, 1.807) is 37.3 Å². The smallest absolute Gasteiger partial charge is 0.273 e. The van der Waals surface area contributed by atoms with Crippen LogP contribution in [-0.2, 0) is 11.3 Å². The summed E-state index contributed by atoms with van der Waals surface area (Å²) in [6.45, 7) is 1.75. The van der Waals surface area contributed by atoms with Gasteiger partial charge in [0.1, 0.15) is 0 Å². The van der Waals surface area contributed by atoms with Gasteiger partial charge in [-0.25, -0.2) is 9.07 Å². The predicted octanol–water partition coefficient (Wildman–Crippen LogP) is 2.10. The zero-order valence-electron chi connectivity index (χ0n) is 15.5. The summed E-state index contributed by atoms with van der Waals surface area (Å²) in [4.78, 5) is 36.8. The molecule has 0 spiro atoms. The highest BCUT2D eigenvalue weighted by Crippen LogP contribution is 2.21. The fraction of sp³-hybridized carbons (Fsp3) is 0.250. The molecule has 0 unspecified atom stereocenters. The van der Waals surface area contributed by atoms with Crippen LogP contribution >= 0.6 is 0 Å². The van der Waals surface area contributed by atoms with Crippen LogP contribution in [-0.4, -0.2) is 22.8 Å². The second kappa shape index (κ2) is 8.08. The van der Waals surface area contributed by atoms with Crippen molar-refractivity contribution in [2.75, 3.05) is 7.11 Å². The van der Waals surface area contributed by atoms with Crippen molar-refractivity contribution in [1.82, 2.24) is 15.1 Å². The zero-order valence-corrected chi connectivity index (χ0v) is 15.5. The minimum absolute atomic E-state index is 0.0167. The van der Waals surface area contributed by atoms with E-state index in [4.69, 9.17) is 4.74 Å². The maximum atomic E-state index is 13.8. The van der Waals surface area contributed by atoms with Crippen LogP contribution in [0.1, 0.15) is 24.9 Å². The molecular weight excluding hydrogens is 365 g/mol. The minimum Gasteiger partial charge on any atom is -0.494 e. The van der Waals surface area contributed by atoms with Gasteiger partial charge in [0.2, 0.25) is 5.91 Å². The average molecular weight is 385 g/mol. The van der Waals surface area contributed by atoms with E-state index in [1.165, 1.54) is 19.2 Å². The largest absolute Gasteiger partial charge is 0.494 e. The SMILES string of the molecule is COc1ccc([C@@H](C)NC(=O)CCn2[nH]c(=O)c3ccccc3c2=O)cc1F. The molecule has 1 heterocycles. The summed E-state index contributed by atoms with van der Waals surface area (Å²) in [6, 6.07) is 10.5. The van der Waals surface area contributed by atoms with Crippen molar-refractivity contribution in [2.45, 2.75) is 25.9 Å². The van der Waals surface area contributed by atoms with Crippen LogP contribution in [0.3, 0.4) is 0 Å². The molecule has 0 radical (unpaired) electrons. The van der Waals surface area contributed by atoms with E-state index in [9.17, 15) is 18.8 Å². The molecule has 8 heteroatoms. The lowest BCUT2D eigenvalue weighted by molar-refractivity contribution is -0.122. The number of carbonyl (C=O) groups is 1. The molecule has 2 aromatic carbocycles. The molecule has 0 bridgehead atoms. The van der Waals surface area contributed by atoms with Crippen molar-refractivity contribution in [3.8, 4) is 5.75 Å². The normalized spacial score (nSPS) is 12.0. The van der Waals surface area contributed by atoms with Crippen LogP contribution in [0.2, 0.25) is 0 Å². The summed E-state index contributed by atoms with van der Waals surface area (Å²) in [7, 11) is 1.38. The van der Waals surface area contributed by atoms with E-state index in [1.807, 2.05) is 0 Å². The molecule has 3 rings (SSSR count). The molecule has 0 aliphatic carbocycles. The lowest BCUT2D eigenvalue weighted by atomic mass is 10.1. The van der Waals surface area contributed by atoms with Crippen LogP contribution in [0, 0.1) is 5.82 Å². The molecule has 0 fully saturated rings. The van der Waals surface area contributed by atoms with Crippen LogP contribution in [0.25, 0.3) is 10.8 Å². The molecule has 3 aromatic rings. The summed E-state index contributed by atoms with van der Waals surface area (Å²) >= 11 is 0. The number of nitrogens with zero attached hydrogens (tertiary/aromatic N) is 1. The molecule has 146 valence electrons. The number of halogens is 1. The number of carbonyl (C=O) groups excluding carboxylic acids is 1. The maximum absolute atomic E-state index is 13.8. The van der Waals surface area contributed by atoms with Gasteiger partial charge in [-0.1, -0.05) is 18.2 Å². The molecule has 0 aliphatic heterocycles. The van der Waals surface area contributed by atoms with Gasteiger partial charge in [0, 0.05) is 6.42 Å². The number of benzene rings is 2. The zero-order chi connectivity index (χ0) is 20.3. The van der Waals surface area contributed by atoms with Gasteiger partial charge in [0.05, 0.1) is 30.5 Å². The van der Waals surface area contributed by atoms with Crippen molar-refractivity contribution < 1.29 is 13.9 Å². The Morgan fingerprint density at radius 2 is 1.93 bits per heavy atom. The third-order valence-electron chi connectivity index (χ3n) is 4.50. The number of nitrogens with one attached hydrogen (secondary N) is 2. The Bertz CT molecular complexity index is 1140. The standard InChI is InChI=1S/C20H20FN3O4/c1-12(13-7-8-17(28-2)16(21)11-13)22-18(25)9-10-24-20(27)15-6-4-3-5-14(15)19(26)23-24/h3-8,11-12H,9-10H2,1-2H3,(H,22,25)(H,23,26)/t12-/m1/s1. The first-order chi connectivity index (χ1) is 13.4. The molecule has 1 atom stereocenters. The Morgan fingerprint density at radius 3 is 2.61 bits per heavy atom. The molecular formula is C20H20FN3O4. The lowest BCUT2D eigenvalue weighted by Crippen LogP contribution is -2.33. The fourth-order valence-electron chi connectivity index (χ4n) is 2.97. The molecule has 1 aromatic heterocycles. The fourth-order valence-corrected chi connectivity index (χ4v) is 2.97. The topological polar surface area (TPSA) is 93.2 Å². The molecule has 2 N–H and O–H groups in total. The number of aromatic amines is 1. The van der Waals surface area contributed by atoms with Crippen LogP contribution in [0.15, 0.2) is 52.1 Å². The highest BCUT2D eigenvalue weighted by atomic mass is 19.1. The highest BCUT2D eigenvalue weighted by Gasteiger charge is 2.13. The van der Waals surface area contributed by atoms with Crippen LogP contribution < -0.4 is 21.2 Å². The molecule has 0 saturated heterocycles. The van der Waals surface area contributed by atoms with Gasteiger partial charge in [-0.2, -0.15) is 0 Å². The Balaban J connectivity index is 1.68. The summed E-state index contributed by atoms with van der Waals surface area (Å²) in [5.74, 6) is -0.715. The predicted molar refractivity (Wildman–Crippen MR) is 103 cm³/mol. The number of fused-ring (bicyclic) bond motifs is 1. The number of aryl methyl sites for hydroxylation is 1. The van der Waals surface area contributed by atoms with E-state index in [2.05, 4.69) is 10.4 Å². The molecule has 0 saturated carbocycles. The second-order valence-electron chi connectivity index (χ2n) is 6.38. The number of ether oxygens (including phenoxy) is 1. The van der Waals surface area contributed by atoms with E-state index < -0.39 is 17.4 Å². The van der Waals surface area contributed by atoms with Gasteiger partial charge >= 0.3 is 0 Å². The first-order valence-corrected chi connectivity index (χ1v) is 8.75. The van der Waals surface area contributed by atoms with E-state index >= 15 is 0 Å². The summed E-state index contributed by atoms with van der Waals surface area (Å²) in [5.41, 5.74) is -0.172. The van der Waals surface area contributed by atoms with Gasteiger partial charge in [-0.05, 0) is 36.8 Å².